The molecular weight excluding hydrogens is 260 g/mol. The van der Waals surface area contributed by atoms with Crippen LogP contribution in [-0.2, 0) is 6.54 Å². The molecule has 0 aromatic heterocycles. The van der Waals surface area contributed by atoms with Crippen molar-refractivity contribution in [3.05, 3.63) is 29.8 Å². The number of nitrogens with zero attached hydrogens (tertiary/aromatic N) is 1. The molecule has 2 rings (SSSR count). The number of nitrogens with one attached hydrogen (secondary N) is 1. The van der Waals surface area contributed by atoms with E-state index in [-0.39, 0.29) is 5.54 Å². The number of para-hydroxylation sites is 1. The molecule has 3 heteroatoms. The van der Waals surface area contributed by atoms with Crippen LogP contribution in [-0.4, -0.2) is 36.7 Å². The van der Waals surface area contributed by atoms with Crippen LogP contribution in [0.4, 0.5) is 0 Å². The predicted octanol–water partition coefficient (Wildman–Crippen LogP) is 3.29. The van der Waals surface area contributed by atoms with Gasteiger partial charge in [-0.25, -0.2) is 0 Å². The zero-order chi connectivity index (χ0) is 15.5. The Kier molecular flexibility index (Phi) is 5.28. The van der Waals surface area contributed by atoms with Crippen molar-refractivity contribution in [3.63, 3.8) is 0 Å². The Hall–Kier alpha value is -1.06. The van der Waals surface area contributed by atoms with Gasteiger partial charge in [-0.15, -0.1) is 0 Å². The fourth-order valence-corrected chi connectivity index (χ4v) is 3.07. The molecule has 1 aromatic carbocycles. The number of benzene rings is 1. The fourth-order valence-electron chi connectivity index (χ4n) is 3.07. The van der Waals surface area contributed by atoms with E-state index in [2.05, 4.69) is 56.1 Å². The van der Waals surface area contributed by atoms with Crippen LogP contribution < -0.4 is 10.1 Å². The number of hydrogen-bond donors (Lipinski definition) is 1. The Morgan fingerprint density at radius 1 is 1.38 bits per heavy atom. The SMILES string of the molecule is CCC1(C)CNC(C(C)C)CN1Cc1ccccc1OC. The molecule has 1 fully saturated rings. The lowest BCUT2D eigenvalue weighted by molar-refractivity contribution is 0.0311. The summed E-state index contributed by atoms with van der Waals surface area (Å²) in [5.74, 6) is 1.65. The van der Waals surface area contributed by atoms with Crippen molar-refractivity contribution in [1.82, 2.24) is 10.2 Å². The lowest BCUT2D eigenvalue weighted by atomic mass is 9.88. The van der Waals surface area contributed by atoms with Gasteiger partial charge in [0, 0.05) is 36.8 Å². The zero-order valence-electron chi connectivity index (χ0n) is 14.1. The van der Waals surface area contributed by atoms with E-state index < -0.39 is 0 Å². The zero-order valence-corrected chi connectivity index (χ0v) is 14.1. The first kappa shape index (κ1) is 16.3. The number of hydrogen-bond acceptors (Lipinski definition) is 3. The molecule has 0 spiro atoms. The summed E-state index contributed by atoms with van der Waals surface area (Å²) in [5, 5.41) is 3.73. The highest BCUT2D eigenvalue weighted by Gasteiger charge is 2.37. The van der Waals surface area contributed by atoms with Gasteiger partial charge in [-0.2, -0.15) is 0 Å². The molecule has 2 atom stereocenters. The first-order valence-electron chi connectivity index (χ1n) is 8.10. The van der Waals surface area contributed by atoms with E-state index in [9.17, 15) is 0 Å². The molecule has 0 bridgehead atoms. The normalized spacial score (nSPS) is 27.0. The Balaban J connectivity index is 2.20. The second-order valence-electron chi connectivity index (χ2n) is 6.77. The summed E-state index contributed by atoms with van der Waals surface area (Å²) in [6.07, 6.45) is 1.15. The molecule has 1 heterocycles. The second-order valence-corrected chi connectivity index (χ2v) is 6.77. The lowest BCUT2D eigenvalue weighted by Crippen LogP contribution is -2.63. The van der Waals surface area contributed by atoms with Gasteiger partial charge in [-0.05, 0) is 25.3 Å². The van der Waals surface area contributed by atoms with Gasteiger partial charge < -0.3 is 10.1 Å². The van der Waals surface area contributed by atoms with Crippen LogP contribution >= 0.6 is 0 Å². The van der Waals surface area contributed by atoms with Gasteiger partial charge in [-0.1, -0.05) is 39.0 Å². The van der Waals surface area contributed by atoms with E-state index in [1.165, 1.54) is 5.56 Å². The van der Waals surface area contributed by atoms with E-state index in [4.69, 9.17) is 4.74 Å². The van der Waals surface area contributed by atoms with Crippen molar-refractivity contribution in [1.29, 1.82) is 0 Å². The molecule has 1 saturated heterocycles. The van der Waals surface area contributed by atoms with Crippen LogP contribution in [0.3, 0.4) is 0 Å². The summed E-state index contributed by atoms with van der Waals surface area (Å²) < 4.78 is 5.52. The third-order valence-electron chi connectivity index (χ3n) is 5.05. The van der Waals surface area contributed by atoms with Crippen molar-refractivity contribution in [2.24, 2.45) is 5.92 Å². The summed E-state index contributed by atoms with van der Waals surface area (Å²) in [4.78, 5) is 2.63. The molecule has 0 saturated carbocycles. The maximum absolute atomic E-state index is 5.52. The van der Waals surface area contributed by atoms with Crippen molar-refractivity contribution in [2.75, 3.05) is 20.2 Å². The number of rotatable bonds is 5. The highest BCUT2D eigenvalue weighted by molar-refractivity contribution is 5.33. The Bertz CT molecular complexity index is 460. The molecule has 1 N–H and O–H groups in total. The van der Waals surface area contributed by atoms with Gasteiger partial charge in [0.05, 0.1) is 7.11 Å². The topological polar surface area (TPSA) is 24.5 Å². The Morgan fingerprint density at radius 3 is 2.71 bits per heavy atom. The molecule has 2 unspecified atom stereocenters. The minimum atomic E-state index is 0.215. The summed E-state index contributed by atoms with van der Waals surface area (Å²) >= 11 is 0. The van der Waals surface area contributed by atoms with E-state index in [1.54, 1.807) is 7.11 Å². The van der Waals surface area contributed by atoms with E-state index >= 15 is 0 Å². The summed E-state index contributed by atoms with van der Waals surface area (Å²) in [6, 6.07) is 8.95. The summed E-state index contributed by atoms with van der Waals surface area (Å²) in [6.45, 7) is 12.4. The predicted molar refractivity (Wildman–Crippen MR) is 88.7 cm³/mol. The van der Waals surface area contributed by atoms with Crippen LogP contribution in [0.15, 0.2) is 24.3 Å². The van der Waals surface area contributed by atoms with Crippen molar-refractivity contribution in [3.8, 4) is 5.75 Å². The van der Waals surface area contributed by atoms with Crippen LogP contribution in [0.5, 0.6) is 5.75 Å². The van der Waals surface area contributed by atoms with Gasteiger partial charge in [0.25, 0.3) is 0 Å². The van der Waals surface area contributed by atoms with Crippen molar-refractivity contribution < 1.29 is 4.74 Å². The molecule has 1 aromatic rings. The number of methoxy groups -OCH3 is 1. The molecular formula is C18H30N2O. The van der Waals surface area contributed by atoms with Gasteiger partial charge in [0.15, 0.2) is 0 Å². The quantitative estimate of drug-likeness (QED) is 0.900. The minimum absolute atomic E-state index is 0.215. The highest BCUT2D eigenvalue weighted by atomic mass is 16.5. The summed E-state index contributed by atoms with van der Waals surface area (Å²) in [7, 11) is 1.76. The van der Waals surface area contributed by atoms with Gasteiger partial charge in [0.1, 0.15) is 5.75 Å². The Labute approximate surface area is 129 Å². The van der Waals surface area contributed by atoms with Crippen LogP contribution in [0, 0.1) is 5.92 Å². The van der Waals surface area contributed by atoms with Crippen LogP contribution in [0.25, 0.3) is 0 Å². The molecule has 0 amide bonds. The van der Waals surface area contributed by atoms with E-state index in [1.807, 2.05) is 6.07 Å². The van der Waals surface area contributed by atoms with Crippen molar-refractivity contribution in [2.45, 2.75) is 52.2 Å². The van der Waals surface area contributed by atoms with Crippen molar-refractivity contribution >= 4 is 0 Å². The molecule has 0 radical (unpaired) electrons. The second kappa shape index (κ2) is 6.80. The average molecular weight is 290 g/mol. The fraction of sp³-hybridized carbons (Fsp3) is 0.667. The first-order valence-corrected chi connectivity index (χ1v) is 8.10. The molecule has 1 aliphatic rings. The molecule has 0 aliphatic carbocycles. The third-order valence-corrected chi connectivity index (χ3v) is 5.05. The summed E-state index contributed by atoms with van der Waals surface area (Å²) in [5.41, 5.74) is 1.50. The average Bonchev–Trinajstić information content (AvgIpc) is 2.49. The lowest BCUT2D eigenvalue weighted by Gasteiger charge is -2.49. The van der Waals surface area contributed by atoms with Crippen LogP contribution in [0.2, 0.25) is 0 Å². The molecule has 21 heavy (non-hydrogen) atoms. The van der Waals surface area contributed by atoms with E-state index in [0.29, 0.717) is 12.0 Å². The van der Waals surface area contributed by atoms with E-state index in [0.717, 1.165) is 31.8 Å². The standard InChI is InChI=1S/C18H30N2O/c1-6-18(4)13-19-16(14(2)3)12-20(18)11-15-9-7-8-10-17(15)21-5/h7-10,14,16,19H,6,11-13H2,1-5H3. The number of piperazine rings is 1. The number of ether oxygens (including phenoxy) is 1. The maximum atomic E-state index is 5.52. The molecule has 1 aliphatic heterocycles. The maximum Gasteiger partial charge on any atom is 0.123 e. The molecule has 3 nitrogen and oxygen atoms in total. The van der Waals surface area contributed by atoms with Crippen LogP contribution in [0.1, 0.15) is 39.7 Å². The smallest absolute Gasteiger partial charge is 0.123 e. The minimum Gasteiger partial charge on any atom is -0.496 e. The van der Waals surface area contributed by atoms with Gasteiger partial charge in [-0.3, -0.25) is 4.90 Å². The van der Waals surface area contributed by atoms with Gasteiger partial charge in [0.2, 0.25) is 0 Å². The third kappa shape index (κ3) is 3.58. The van der Waals surface area contributed by atoms with Gasteiger partial charge >= 0.3 is 0 Å². The first-order chi connectivity index (χ1) is 10.00. The highest BCUT2D eigenvalue weighted by Crippen LogP contribution is 2.29. The Morgan fingerprint density at radius 2 is 2.10 bits per heavy atom. The molecule has 118 valence electrons. The monoisotopic (exact) mass is 290 g/mol. The largest absolute Gasteiger partial charge is 0.496 e.